The summed E-state index contributed by atoms with van der Waals surface area (Å²) in [4.78, 5) is 10.7. The third-order valence-corrected chi connectivity index (χ3v) is 3.16. The van der Waals surface area contributed by atoms with Gasteiger partial charge >= 0.3 is 0 Å². The van der Waals surface area contributed by atoms with Gasteiger partial charge < -0.3 is 14.7 Å². The van der Waals surface area contributed by atoms with Gasteiger partial charge in [0.25, 0.3) is 0 Å². The van der Waals surface area contributed by atoms with Crippen LogP contribution in [0.5, 0.6) is 0 Å². The van der Waals surface area contributed by atoms with Gasteiger partial charge in [0.2, 0.25) is 5.89 Å². The van der Waals surface area contributed by atoms with Crippen LogP contribution >= 0.6 is 0 Å². The molecule has 0 atom stereocenters. The zero-order valence-electron chi connectivity index (χ0n) is 11.5. The van der Waals surface area contributed by atoms with Gasteiger partial charge in [-0.05, 0) is 11.8 Å². The number of hydrogen-bond donors (Lipinski definition) is 1. The van der Waals surface area contributed by atoms with Crippen molar-refractivity contribution in [2.75, 3.05) is 20.1 Å². The van der Waals surface area contributed by atoms with Gasteiger partial charge in [-0.2, -0.15) is 4.98 Å². The van der Waals surface area contributed by atoms with Crippen LogP contribution in [0.25, 0.3) is 0 Å². The predicted octanol–water partition coefficient (Wildman–Crippen LogP) is 1.19. The molecule has 6 nitrogen and oxygen atoms in total. The smallest absolute Gasteiger partial charge is 0.223 e. The van der Waals surface area contributed by atoms with Gasteiger partial charge in [-0.3, -0.25) is 4.99 Å². The molecule has 1 aromatic heterocycles. The van der Waals surface area contributed by atoms with Crippen molar-refractivity contribution < 1.29 is 4.52 Å². The lowest BCUT2D eigenvalue weighted by molar-refractivity contribution is 0.368. The van der Waals surface area contributed by atoms with Crippen LogP contribution in [0.15, 0.2) is 9.52 Å². The molecule has 1 saturated heterocycles. The number of aromatic nitrogens is 2. The molecule has 0 saturated carbocycles. The zero-order valence-corrected chi connectivity index (χ0v) is 11.5. The maximum absolute atomic E-state index is 4.93. The number of likely N-dealkylation sites (tertiary alicyclic amines) is 1. The minimum Gasteiger partial charge on any atom is -0.349 e. The first-order chi connectivity index (χ1) is 8.50. The second kappa shape index (κ2) is 4.96. The molecule has 0 radical (unpaired) electrons. The lowest BCUT2D eigenvalue weighted by Gasteiger charge is -2.23. The summed E-state index contributed by atoms with van der Waals surface area (Å²) >= 11 is 0. The van der Waals surface area contributed by atoms with Gasteiger partial charge in [-0.25, -0.2) is 0 Å². The highest BCUT2D eigenvalue weighted by atomic mass is 16.5. The number of aliphatic imine (C=N–C) groups is 1. The lowest BCUT2D eigenvalue weighted by Crippen LogP contribution is -2.40. The minimum absolute atomic E-state index is 0.361. The molecule has 2 rings (SSSR count). The summed E-state index contributed by atoms with van der Waals surface area (Å²) in [6.07, 6.45) is 1.19. The van der Waals surface area contributed by atoms with Gasteiger partial charge in [-0.1, -0.05) is 19.0 Å². The van der Waals surface area contributed by atoms with Crippen molar-refractivity contribution >= 4 is 5.96 Å². The summed E-state index contributed by atoms with van der Waals surface area (Å²) in [5, 5.41) is 7.12. The van der Waals surface area contributed by atoms with E-state index in [1.54, 1.807) is 14.0 Å². The molecule has 1 aliphatic heterocycles. The molecule has 1 N–H and O–H groups in total. The van der Waals surface area contributed by atoms with Crippen LogP contribution in [0.1, 0.15) is 32.0 Å². The first kappa shape index (κ1) is 12.9. The van der Waals surface area contributed by atoms with E-state index in [9.17, 15) is 0 Å². The van der Waals surface area contributed by atoms with Crippen molar-refractivity contribution in [1.29, 1.82) is 0 Å². The fraction of sp³-hybridized carbons (Fsp3) is 0.750. The molecule has 0 spiro atoms. The highest BCUT2D eigenvalue weighted by molar-refractivity contribution is 5.80. The van der Waals surface area contributed by atoms with Crippen LogP contribution < -0.4 is 5.32 Å². The Labute approximate surface area is 107 Å². The first-order valence-electron chi connectivity index (χ1n) is 6.25. The average Bonchev–Trinajstić information content (AvgIpc) is 2.86. The number of nitrogens with zero attached hydrogens (tertiary/aromatic N) is 4. The van der Waals surface area contributed by atoms with Gasteiger partial charge in [0.15, 0.2) is 11.8 Å². The third-order valence-electron chi connectivity index (χ3n) is 3.16. The molecular weight excluding hydrogens is 230 g/mol. The van der Waals surface area contributed by atoms with E-state index in [2.05, 4.69) is 39.2 Å². The van der Waals surface area contributed by atoms with E-state index in [-0.39, 0.29) is 0 Å². The highest BCUT2D eigenvalue weighted by Crippen LogP contribution is 2.28. The SMILES string of the molecule is CN=C(NCc1noc(C)n1)N1CCC(C)(C)C1. The fourth-order valence-corrected chi connectivity index (χ4v) is 2.20. The van der Waals surface area contributed by atoms with Crippen molar-refractivity contribution in [3.8, 4) is 0 Å². The minimum atomic E-state index is 0.361. The van der Waals surface area contributed by atoms with E-state index in [4.69, 9.17) is 4.52 Å². The van der Waals surface area contributed by atoms with Crippen LogP contribution in [0.2, 0.25) is 0 Å². The first-order valence-corrected chi connectivity index (χ1v) is 6.25. The number of aryl methyl sites for hydroxylation is 1. The van der Waals surface area contributed by atoms with Crippen LogP contribution in [0.4, 0.5) is 0 Å². The monoisotopic (exact) mass is 251 g/mol. The van der Waals surface area contributed by atoms with Crippen molar-refractivity contribution in [1.82, 2.24) is 20.4 Å². The Balaban J connectivity index is 1.91. The molecule has 0 unspecified atom stereocenters. The van der Waals surface area contributed by atoms with E-state index in [0.717, 1.165) is 19.0 Å². The third kappa shape index (κ3) is 3.00. The topological polar surface area (TPSA) is 66.5 Å². The van der Waals surface area contributed by atoms with Gasteiger partial charge in [-0.15, -0.1) is 0 Å². The Kier molecular flexibility index (Phi) is 3.54. The summed E-state index contributed by atoms with van der Waals surface area (Å²) < 4.78 is 4.93. The summed E-state index contributed by atoms with van der Waals surface area (Å²) in [6, 6.07) is 0. The normalized spacial score (nSPS) is 19.3. The zero-order chi connectivity index (χ0) is 13.2. The van der Waals surface area contributed by atoms with Crippen molar-refractivity contribution in [2.45, 2.75) is 33.7 Å². The molecule has 2 heterocycles. The number of nitrogens with one attached hydrogen (secondary N) is 1. The van der Waals surface area contributed by atoms with E-state index >= 15 is 0 Å². The average molecular weight is 251 g/mol. The molecule has 1 aliphatic rings. The highest BCUT2D eigenvalue weighted by Gasteiger charge is 2.30. The van der Waals surface area contributed by atoms with Gasteiger partial charge in [0.1, 0.15) is 0 Å². The number of guanidine groups is 1. The molecular formula is C12H21N5O. The molecule has 6 heteroatoms. The van der Waals surface area contributed by atoms with Crippen LogP contribution in [0.3, 0.4) is 0 Å². The van der Waals surface area contributed by atoms with E-state index in [1.165, 1.54) is 6.42 Å². The van der Waals surface area contributed by atoms with Crippen LogP contribution in [-0.4, -0.2) is 41.1 Å². The summed E-state index contributed by atoms with van der Waals surface area (Å²) in [5.74, 6) is 2.15. The fourth-order valence-electron chi connectivity index (χ4n) is 2.20. The largest absolute Gasteiger partial charge is 0.349 e. The summed E-state index contributed by atoms with van der Waals surface area (Å²) in [5.41, 5.74) is 0.361. The van der Waals surface area contributed by atoms with Crippen LogP contribution in [0, 0.1) is 12.3 Å². The lowest BCUT2D eigenvalue weighted by atomic mass is 9.93. The van der Waals surface area contributed by atoms with Crippen molar-refractivity contribution in [2.24, 2.45) is 10.4 Å². The maximum Gasteiger partial charge on any atom is 0.223 e. The molecule has 0 aromatic carbocycles. The Morgan fingerprint density at radius 3 is 2.83 bits per heavy atom. The number of rotatable bonds is 2. The summed E-state index contributed by atoms with van der Waals surface area (Å²) in [7, 11) is 1.80. The van der Waals surface area contributed by atoms with Crippen molar-refractivity contribution in [3.05, 3.63) is 11.7 Å². The van der Waals surface area contributed by atoms with Gasteiger partial charge in [0.05, 0.1) is 6.54 Å². The standard InChI is InChI=1S/C12H21N5O/c1-9-15-10(16-18-9)7-14-11(13-4)17-6-5-12(2,3)8-17/h5-8H2,1-4H3,(H,13,14). The second-order valence-corrected chi connectivity index (χ2v) is 5.47. The van der Waals surface area contributed by atoms with Crippen LogP contribution in [-0.2, 0) is 6.54 Å². The molecule has 0 aliphatic carbocycles. The predicted molar refractivity (Wildman–Crippen MR) is 69.2 cm³/mol. The molecule has 100 valence electrons. The van der Waals surface area contributed by atoms with Crippen molar-refractivity contribution in [3.63, 3.8) is 0 Å². The Bertz CT molecular complexity index is 437. The Morgan fingerprint density at radius 2 is 2.33 bits per heavy atom. The van der Waals surface area contributed by atoms with Gasteiger partial charge in [0, 0.05) is 27.1 Å². The molecule has 1 aromatic rings. The summed E-state index contributed by atoms with van der Waals surface area (Å²) in [6.45, 7) is 8.96. The van der Waals surface area contributed by atoms with E-state index in [0.29, 0.717) is 23.7 Å². The molecule has 0 amide bonds. The molecule has 0 bridgehead atoms. The quantitative estimate of drug-likeness (QED) is 0.631. The Morgan fingerprint density at radius 1 is 1.56 bits per heavy atom. The molecule has 1 fully saturated rings. The van der Waals surface area contributed by atoms with E-state index in [1.807, 2.05) is 0 Å². The van der Waals surface area contributed by atoms with E-state index < -0.39 is 0 Å². The number of hydrogen-bond acceptors (Lipinski definition) is 4. The second-order valence-electron chi connectivity index (χ2n) is 5.47. The molecule has 18 heavy (non-hydrogen) atoms. The maximum atomic E-state index is 4.93. The Hall–Kier alpha value is -1.59.